The Bertz CT molecular complexity index is 156. The molecule has 0 aliphatic rings. The minimum atomic E-state index is 0.310. The smallest absolute Gasteiger partial charge is 0.0763 e. The number of allylic oxidation sites excluding steroid dienone is 1. The highest BCUT2D eigenvalue weighted by Crippen LogP contribution is 2.10. The fraction of sp³-hybridized carbons (Fsp3) is 0.833. The second kappa shape index (κ2) is 8.01. The van der Waals surface area contributed by atoms with Crippen molar-refractivity contribution < 1.29 is 4.74 Å². The second-order valence-electron chi connectivity index (χ2n) is 3.84. The summed E-state index contributed by atoms with van der Waals surface area (Å²) in [6.45, 7) is 9.29. The lowest BCUT2D eigenvalue weighted by Gasteiger charge is -2.24. The van der Waals surface area contributed by atoms with Crippen LogP contribution in [0.5, 0.6) is 0 Å². The fourth-order valence-corrected chi connectivity index (χ4v) is 1.60. The molecule has 84 valence electrons. The summed E-state index contributed by atoms with van der Waals surface area (Å²) < 4.78 is 5.73. The van der Waals surface area contributed by atoms with Crippen molar-refractivity contribution in [1.29, 1.82) is 0 Å². The molecule has 1 N–H and O–H groups in total. The lowest BCUT2D eigenvalue weighted by atomic mass is 10.0. The van der Waals surface area contributed by atoms with Crippen LogP contribution in [0.4, 0.5) is 0 Å². The van der Waals surface area contributed by atoms with Crippen molar-refractivity contribution in [2.24, 2.45) is 0 Å². The van der Waals surface area contributed by atoms with E-state index in [1.54, 1.807) is 0 Å². The summed E-state index contributed by atoms with van der Waals surface area (Å²) in [6, 6.07) is 0.347. The van der Waals surface area contributed by atoms with E-state index in [2.05, 4.69) is 39.1 Å². The Labute approximate surface area is 88.7 Å². The van der Waals surface area contributed by atoms with E-state index in [1.165, 1.54) is 12.0 Å². The fourth-order valence-electron chi connectivity index (χ4n) is 1.60. The van der Waals surface area contributed by atoms with Crippen LogP contribution in [0.1, 0.15) is 40.5 Å². The van der Waals surface area contributed by atoms with E-state index in [0.717, 1.165) is 13.0 Å². The van der Waals surface area contributed by atoms with Crippen molar-refractivity contribution in [2.45, 2.75) is 52.7 Å². The van der Waals surface area contributed by atoms with Gasteiger partial charge in [0.15, 0.2) is 0 Å². The molecule has 0 aromatic rings. The molecule has 14 heavy (non-hydrogen) atoms. The van der Waals surface area contributed by atoms with Crippen LogP contribution in [-0.4, -0.2) is 25.8 Å². The van der Waals surface area contributed by atoms with Crippen LogP contribution >= 0.6 is 0 Å². The lowest BCUT2D eigenvalue weighted by molar-refractivity contribution is 0.0410. The average molecular weight is 199 g/mol. The maximum absolute atomic E-state index is 5.73. The van der Waals surface area contributed by atoms with E-state index >= 15 is 0 Å². The van der Waals surface area contributed by atoms with Crippen LogP contribution < -0.4 is 5.32 Å². The first-order valence-electron chi connectivity index (χ1n) is 5.59. The molecule has 0 aliphatic heterocycles. The number of ether oxygens (including phenoxy) is 1. The Morgan fingerprint density at radius 2 is 2.00 bits per heavy atom. The summed E-state index contributed by atoms with van der Waals surface area (Å²) in [5.74, 6) is 0. The van der Waals surface area contributed by atoms with Gasteiger partial charge in [0.25, 0.3) is 0 Å². The van der Waals surface area contributed by atoms with Gasteiger partial charge >= 0.3 is 0 Å². The molecule has 0 radical (unpaired) electrons. The SMILES string of the molecule is CCCC(OCC)C(C=C(C)C)NC. The minimum Gasteiger partial charge on any atom is -0.377 e. The van der Waals surface area contributed by atoms with E-state index in [4.69, 9.17) is 4.74 Å². The number of nitrogens with one attached hydrogen (secondary N) is 1. The molecule has 0 saturated heterocycles. The van der Waals surface area contributed by atoms with Gasteiger partial charge in [-0.2, -0.15) is 0 Å². The normalized spacial score (nSPS) is 14.9. The predicted octanol–water partition coefficient (Wildman–Crippen LogP) is 2.75. The van der Waals surface area contributed by atoms with Crippen LogP contribution in [0.3, 0.4) is 0 Å². The molecule has 0 bridgehead atoms. The molecule has 0 rings (SSSR count). The molecule has 2 nitrogen and oxygen atoms in total. The molecule has 0 fully saturated rings. The first-order valence-corrected chi connectivity index (χ1v) is 5.59. The molecule has 0 heterocycles. The van der Waals surface area contributed by atoms with E-state index in [1.807, 2.05) is 7.05 Å². The summed E-state index contributed by atoms with van der Waals surface area (Å²) in [6.07, 6.45) is 4.84. The van der Waals surface area contributed by atoms with E-state index in [0.29, 0.717) is 12.1 Å². The standard InChI is InChI=1S/C12H25NO/c1-6-8-12(14-7-2)11(13-5)9-10(3)4/h9,11-13H,6-8H2,1-5H3. The number of hydrogen-bond acceptors (Lipinski definition) is 2. The highest BCUT2D eigenvalue weighted by molar-refractivity contribution is 5.03. The quantitative estimate of drug-likeness (QED) is 0.637. The predicted molar refractivity (Wildman–Crippen MR) is 62.6 cm³/mol. The van der Waals surface area contributed by atoms with E-state index in [-0.39, 0.29) is 0 Å². The van der Waals surface area contributed by atoms with Gasteiger partial charge in [-0.1, -0.05) is 25.0 Å². The van der Waals surface area contributed by atoms with Crippen LogP contribution in [-0.2, 0) is 4.74 Å². The molecule has 0 aromatic heterocycles. The molecule has 0 saturated carbocycles. The number of likely N-dealkylation sites (N-methyl/N-ethyl adjacent to an activating group) is 1. The maximum atomic E-state index is 5.73. The van der Waals surface area contributed by atoms with Gasteiger partial charge in [0.2, 0.25) is 0 Å². The van der Waals surface area contributed by atoms with Gasteiger partial charge < -0.3 is 10.1 Å². The zero-order chi connectivity index (χ0) is 11.0. The zero-order valence-corrected chi connectivity index (χ0v) is 10.3. The van der Waals surface area contributed by atoms with Crippen LogP contribution in [0.25, 0.3) is 0 Å². The van der Waals surface area contributed by atoms with Crippen molar-refractivity contribution in [3.05, 3.63) is 11.6 Å². The summed E-state index contributed by atoms with van der Waals surface area (Å²) in [5, 5.41) is 3.30. The Kier molecular flexibility index (Phi) is 7.81. The zero-order valence-electron chi connectivity index (χ0n) is 10.3. The molecule has 0 amide bonds. The molecule has 2 unspecified atom stereocenters. The molecule has 2 atom stereocenters. The highest BCUT2D eigenvalue weighted by Gasteiger charge is 2.16. The third-order valence-electron chi connectivity index (χ3n) is 2.20. The van der Waals surface area contributed by atoms with Gasteiger partial charge in [-0.15, -0.1) is 0 Å². The monoisotopic (exact) mass is 199 g/mol. The van der Waals surface area contributed by atoms with Crippen molar-refractivity contribution in [2.75, 3.05) is 13.7 Å². The van der Waals surface area contributed by atoms with E-state index in [9.17, 15) is 0 Å². The number of hydrogen-bond donors (Lipinski definition) is 1. The van der Waals surface area contributed by atoms with Gasteiger partial charge in [0.05, 0.1) is 12.1 Å². The minimum absolute atomic E-state index is 0.310. The summed E-state index contributed by atoms with van der Waals surface area (Å²) >= 11 is 0. The van der Waals surface area contributed by atoms with Crippen molar-refractivity contribution >= 4 is 0 Å². The van der Waals surface area contributed by atoms with Crippen molar-refractivity contribution in [3.8, 4) is 0 Å². The molecular formula is C12H25NO. The van der Waals surface area contributed by atoms with Crippen LogP contribution in [0, 0.1) is 0 Å². The maximum Gasteiger partial charge on any atom is 0.0763 e. The highest BCUT2D eigenvalue weighted by atomic mass is 16.5. The van der Waals surface area contributed by atoms with Gasteiger partial charge in [0, 0.05) is 6.61 Å². The third-order valence-corrected chi connectivity index (χ3v) is 2.20. The molecule has 0 aromatic carbocycles. The van der Waals surface area contributed by atoms with Gasteiger partial charge in [-0.25, -0.2) is 0 Å². The van der Waals surface area contributed by atoms with Gasteiger partial charge in [0.1, 0.15) is 0 Å². The topological polar surface area (TPSA) is 21.3 Å². The largest absolute Gasteiger partial charge is 0.377 e. The third kappa shape index (κ3) is 5.40. The Balaban J connectivity index is 4.32. The van der Waals surface area contributed by atoms with Crippen molar-refractivity contribution in [1.82, 2.24) is 5.32 Å². The van der Waals surface area contributed by atoms with E-state index < -0.39 is 0 Å². The van der Waals surface area contributed by atoms with Crippen LogP contribution in [0.15, 0.2) is 11.6 Å². The molecular weight excluding hydrogens is 174 g/mol. The Morgan fingerprint density at radius 3 is 2.36 bits per heavy atom. The molecule has 2 heteroatoms. The average Bonchev–Trinajstić information content (AvgIpc) is 2.13. The second-order valence-corrected chi connectivity index (χ2v) is 3.84. The first kappa shape index (κ1) is 13.7. The summed E-state index contributed by atoms with van der Waals surface area (Å²) in [7, 11) is 1.99. The van der Waals surface area contributed by atoms with Crippen molar-refractivity contribution in [3.63, 3.8) is 0 Å². The Morgan fingerprint density at radius 1 is 1.36 bits per heavy atom. The Hall–Kier alpha value is -0.340. The van der Waals surface area contributed by atoms with Gasteiger partial charge in [-0.3, -0.25) is 0 Å². The summed E-state index contributed by atoms with van der Waals surface area (Å²) in [4.78, 5) is 0. The molecule has 0 spiro atoms. The van der Waals surface area contributed by atoms with Gasteiger partial charge in [-0.05, 0) is 34.2 Å². The lowest BCUT2D eigenvalue weighted by Crippen LogP contribution is -2.38. The molecule has 0 aliphatic carbocycles. The van der Waals surface area contributed by atoms with Crippen LogP contribution in [0.2, 0.25) is 0 Å². The summed E-state index contributed by atoms with van der Waals surface area (Å²) in [5.41, 5.74) is 1.34. The number of rotatable bonds is 7. The first-order chi connectivity index (χ1) is 6.65.